The number of hydrogen-bond donors (Lipinski definition) is 3. The Bertz CT molecular complexity index is 1650. The number of carbonyl (C=O) groups excluding carboxylic acids is 3. The molecule has 3 N–H and O–H groups in total. The molecule has 2 amide bonds. The highest BCUT2D eigenvalue weighted by Crippen LogP contribution is 2.34. The van der Waals surface area contributed by atoms with Crippen molar-refractivity contribution in [2.45, 2.75) is 33.2 Å². The fourth-order valence-electron chi connectivity index (χ4n) is 4.48. The summed E-state index contributed by atoms with van der Waals surface area (Å²) in [5.74, 6) is -1.29. The number of fused-ring (bicyclic) bond motifs is 1. The summed E-state index contributed by atoms with van der Waals surface area (Å²) < 4.78 is 1.63. The second-order valence-corrected chi connectivity index (χ2v) is 9.37. The molecule has 1 atom stereocenters. The number of phenols is 1. The number of nitrogens with zero attached hydrogens (tertiary/aromatic N) is 3. The number of aliphatic imine (C=N–C) groups is 1. The van der Waals surface area contributed by atoms with Gasteiger partial charge in [0.05, 0.1) is 11.4 Å². The van der Waals surface area contributed by atoms with Crippen LogP contribution in [0, 0.1) is 13.8 Å². The normalized spacial score (nSPS) is 14.3. The average molecular weight is 522 g/mol. The molecule has 1 aliphatic heterocycles. The van der Waals surface area contributed by atoms with E-state index in [1.54, 1.807) is 72.3 Å². The Hall–Kier alpha value is -5.05. The van der Waals surface area contributed by atoms with Crippen LogP contribution in [0.5, 0.6) is 5.75 Å². The molecule has 9 heteroatoms. The van der Waals surface area contributed by atoms with Gasteiger partial charge >= 0.3 is 0 Å². The molecule has 3 aromatic carbocycles. The van der Waals surface area contributed by atoms with Crippen molar-refractivity contribution in [2.24, 2.45) is 4.99 Å². The topological polar surface area (TPSA) is 126 Å². The lowest BCUT2D eigenvalue weighted by molar-refractivity contribution is -0.115. The van der Waals surface area contributed by atoms with Crippen LogP contribution in [0.3, 0.4) is 0 Å². The SMILES string of the molecule is CCn1nc(C)cc1C(=O)Nc1cccc(C(=O)c2ccc3c(c2)NC(=O)C3C=Nc2ccc(C)c(O)c2)c1. The van der Waals surface area contributed by atoms with Gasteiger partial charge in [0.1, 0.15) is 17.4 Å². The van der Waals surface area contributed by atoms with Crippen molar-refractivity contribution >= 4 is 40.9 Å². The van der Waals surface area contributed by atoms with Crippen molar-refractivity contribution in [3.63, 3.8) is 0 Å². The molecule has 1 aromatic heterocycles. The maximum absolute atomic E-state index is 13.3. The lowest BCUT2D eigenvalue weighted by Crippen LogP contribution is -2.17. The molecule has 4 aromatic rings. The summed E-state index contributed by atoms with van der Waals surface area (Å²) in [6.07, 6.45) is 1.53. The van der Waals surface area contributed by atoms with Crippen LogP contribution >= 0.6 is 0 Å². The summed E-state index contributed by atoms with van der Waals surface area (Å²) in [6, 6.07) is 18.6. The van der Waals surface area contributed by atoms with E-state index in [2.05, 4.69) is 20.7 Å². The third kappa shape index (κ3) is 5.19. The highest BCUT2D eigenvalue weighted by Gasteiger charge is 2.30. The number of phenolic OH excluding ortho intramolecular Hbond substituents is 1. The fourth-order valence-corrected chi connectivity index (χ4v) is 4.48. The first-order chi connectivity index (χ1) is 18.7. The van der Waals surface area contributed by atoms with Crippen LogP contribution in [-0.2, 0) is 11.3 Å². The van der Waals surface area contributed by atoms with Crippen molar-refractivity contribution < 1.29 is 19.5 Å². The van der Waals surface area contributed by atoms with Gasteiger partial charge in [-0.25, -0.2) is 0 Å². The van der Waals surface area contributed by atoms with Crippen LogP contribution in [0.1, 0.15) is 56.1 Å². The number of anilines is 2. The highest BCUT2D eigenvalue weighted by molar-refractivity contribution is 6.15. The predicted molar refractivity (Wildman–Crippen MR) is 149 cm³/mol. The summed E-state index contributed by atoms with van der Waals surface area (Å²) >= 11 is 0. The van der Waals surface area contributed by atoms with Gasteiger partial charge in [-0.3, -0.25) is 24.1 Å². The Labute approximate surface area is 225 Å². The lowest BCUT2D eigenvalue weighted by Gasteiger charge is -2.09. The molecular formula is C30H27N5O4. The van der Waals surface area contributed by atoms with Gasteiger partial charge in [0.25, 0.3) is 5.91 Å². The number of aromatic hydroxyl groups is 1. The van der Waals surface area contributed by atoms with Gasteiger partial charge in [0.2, 0.25) is 5.91 Å². The number of hydrogen-bond acceptors (Lipinski definition) is 6. The molecule has 1 unspecified atom stereocenters. The Morgan fingerprint density at radius 2 is 1.87 bits per heavy atom. The third-order valence-corrected chi connectivity index (χ3v) is 6.57. The molecule has 0 saturated carbocycles. The number of nitrogens with one attached hydrogen (secondary N) is 2. The van der Waals surface area contributed by atoms with Gasteiger partial charge in [-0.2, -0.15) is 5.10 Å². The molecule has 0 fully saturated rings. The molecule has 1 aliphatic rings. The second-order valence-electron chi connectivity index (χ2n) is 9.37. The predicted octanol–water partition coefficient (Wildman–Crippen LogP) is 5.15. The smallest absolute Gasteiger partial charge is 0.273 e. The fraction of sp³-hybridized carbons (Fsp3) is 0.167. The molecule has 5 rings (SSSR count). The molecule has 9 nitrogen and oxygen atoms in total. The summed E-state index contributed by atoms with van der Waals surface area (Å²) in [6.45, 7) is 6.09. The quantitative estimate of drug-likeness (QED) is 0.229. The van der Waals surface area contributed by atoms with E-state index < -0.39 is 5.92 Å². The second kappa shape index (κ2) is 10.4. The van der Waals surface area contributed by atoms with E-state index in [-0.39, 0.29) is 23.3 Å². The van der Waals surface area contributed by atoms with Gasteiger partial charge < -0.3 is 15.7 Å². The van der Waals surface area contributed by atoms with E-state index >= 15 is 0 Å². The van der Waals surface area contributed by atoms with Gasteiger partial charge in [-0.15, -0.1) is 0 Å². The van der Waals surface area contributed by atoms with Crippen molar-refractivity contribution in [2.75, 3.05) is 10.6 Å². The van der Waals surface area contributed by atoms with Crippen molar-refractivity contribution in [3.05, 3.63) is 100 Å². The maximum Gasteiger partial charge on any atom is 0.273 e. The zero-order valence-corrected chi connectivity index (χ0v) is 21.7. The Kier molecular flexibility index (Phi) is 6.81. The van der Waals surface area contributed by atoms with Gasteiger partial charge in [0.15, 0.2) is 5.78 Å². The number of benzene rings is 3. The van der Waals surface area contributed by atoms with Crippen LogP contribution in [0.25, 0.3) is 0 Å². The molecule has 0 spiro atoms. The zero-order valence-electron chi connectivity index (χ0n) is 21.7. The number of aryl methyl sites for hydroxylation is 3. The van der Waals surface area contributed by atoms with Crippen LogP contribution in [0.15, 0.2) is 71.7 Å². The van der Waals surface area contributed by atoms with E-state index in [9.17, 15) is 19.5 Å². The molecule has 0 saturated heterocycles. The van der Waals surface area contributed by atoms with E-state index in [1.165, 1.54) is 12.3 Å². The minimum Gasteiger partial charge on any atom is -0.508 e. The first kappa shape index (κ1) is 25.6. The van der Waals surface area contributed by atoms with Crippen molar-refractivity contribution in [1.82, 2.24) is 9.78 Å². The standard InChI is InChI=1S/C30H27N5O4/c1-4-35-26(12-18(3)34-35)30(39)32-22-7-5-6-19(13-22)28(37)20-9-11-23-24(29(38)33-25(23)14-20)16-31-21-10-8-17(2)27(36)15-21/h5-16,24,36H,4H2,1-3H3,(H,32,39)(H,33,38). The number of aromatic nitrogens is 2. The van der Waals surface area contributed by atoms with Gasteiger partial charge in [-0.05, 0) is 62.2 Å². The lowest BCUT2D eigenvalue weighted by atomic mass is 9.97. The molecular weight excluding hydrogens is 494 g/mol. The van der Waals surface area contributed by atoms with E-state index in [0.29, 0.717) is 46.0 Å². The van der Waals surface area contributed by atoms with Gasteiger partial charge in [0, 0.05) is 41.3 Å². The van der Waals surface area contributed by atoms with E-state index in [0.717, 1.165) is 11.3 Å². The molecule has 2 heterocycles. The van der Waals surface area contributed by atoms with Crippen LogP contribution in [-0.4, -0.2) is 38.7 Å². The molecule has 196 valence electrons. The highest BCUT2D eigenvalue weighted by atomic mass is 16.3. The Morgan fingerprint density at radius 1 is 1.08 bits per heavy atom. The summed E-state index contributed by atoms with van der Waals surface area (Å²) in [5, 5.41) is 19.9. The number of carbonyl (C=O) groups is 3. The largest absolute Gasteiger partial charge is 0.508 e. The minimum absolute atomic E-state index is 0.135. The molecule has 0 radical (unpaired) electrons. The van der Waals surface area contributed by atoms with E-state index in [4.69, 9.17) is 0 Å². The van der Waals surface area contributed by atoms with Crippen molar-refractivity contribution in [1.29, 1.82) is 0 Å². The van der Waals surface area contributed by atoms with Crippen LogP contribution in [0.4, 0.5) is 17.1 Å². The summed E-state index contributed by atoms with van der Waals surface area (Å²) in [7, 11) is 0. The molecule has 0 aliphatic carbocycles. The van der Waals surface area contributed by atoms with Crippen LogP contribution < -0.4 is 10.6 Å². The van der Waals surface area contributed by atoms with Gasteiger partial charge in [-0.1, -0.05) is 30.3 Å². The first-order valence-electron chi connectivity index (χ1n) is 12.5. The summed E-state index contributed by atoms with van der Waals surface area (Å²) in [5.41, 5.74) is 5.00. The first-order valence-corrected chi connectivity index (χ1v) is 12.5. The third-order valence-electron chi connectivity index (χ3n) is 6.57. The molecule has 39 heavy (non-hydrogen) atoms. The molecule has 0 bridgehead atoms. The zero-order chi connectivity index (χ0) is 27.7. The van der Waals surface area contributed by atoms with Crippen molar-refractivity contribution in [3.8, 4) is 5.75 Å². The maximum atomic E-state index is 13.3. The monoisotopic (exact) mass is 521 g/mol. The number of ketones is 1. The average Bonchev–Trinajstić information content (AvgIpc) is 3.46. The summed E-state index contributed by atoms with van der Waals surface area (Å²) in [4.78, 5) is 43.1. The number of amides is 2. The van der Waals surface area contributed by atoms with Crippen LogP contribution in [0.2, 0.25) is 0 Å². The Morgan fingerprint density at radius 3 is 2.64 bits per heavy atom. The van der Waals surface area contributed by atoms with E-state index in [1.807, 2.05) is 13.8 Å². The number of rotatable bonds is 7. The Balaban J connectivity index is 1.34. The minimum atomic E-state index is -0.619.